The topological polar surface area (TPSA) is 68.2 Å². The molecular formula is C17H26IN5. The van der Waals surface area contributed by atoms with Crippen LogP contribution in [0.4, 0.5) is 5.69 Å². The summed E-state index contributed by atoms with van der Waals surface area (Å²) < 4.78 is 1.84. The van der Waals surface area contributed by atoms with Crippen molar-refractivity contribution in [3.05, 3.63) is 46.8 Å². The first-order valence-electron chi connectivity index (χ1n) is 7.72. The van der Waals surface area contributed by atoms with Crippen LogP contribution in [0.25, 0.3) is 0 Å². The van der Waals surface area contributed by atoms with Gasteiger partial charge in [-0.15, -0.1) is 24.0 Å². The number of guanidine groups is 1. The first-order valence-corrected chi connectivity index (χ1v) is 7.72. The minimum absolute atomic E-state index is 0. The lowest BCUT2D eigenvalue weighted by Crippen LogP contribution is -2.24. The zero-order valence-electron chi connectivity index (χ0n) is 14.3. The Bertz CT molecular complexity index is 653. The fourth-order valence-electron chi connectivity index (χ4n) is 2.44. The van der Waals surface area contributed by atoms with Gasteiger partial charge in [-0.2, -0.15) is 5.10 Å². The minimum Gasteiger partial charge on any atom is -0.370 e. The van der Waals surface area contributed by atoms with Gasteiger partial charge in [0.15, 0.2) is 5.96 Å². The molecule has 1 heterocycles. The van der Waals surface area contributed by atoms with Gasteiger partial charge in [0.2, 0.25) is 0 Å². The largest absolute Gasteiger partial charge is 0.370 e. The van der Waals surface area contributed by atoms with Crippen molar-refractivity contribution in [1.29, 1.82) is 0 Å². The van der Waals surface area contributed by atoms with Crippen LogP contribution in [0.5, 0.6) is 0 Å². The van der Waals surface area contributed by atoms with Gasteiger partial charge in [0.25, 0.3) is 0 Å². The maximum atomic E-state index is 6.07. The van der Waals surface area contributed by atoms with Crippen LogP contribution in [-0.2, 0) is 26.4 Å². The number of nitrogens with one attached hydrogen (secondary N) is 1. The highest BCUT2D eigenvalue weighted by Gasteiger charge is 2.07. The Labute approximate surface area is 155 Å². The second-order valence-electron chi connectivity index (χ2n) is 5.36. The van der Waals surface area contributed by atoms with Crippen molar-refractivity contribution in [2.75, 3.05) is 5.32 Å². The lowest BCUT2D eigenvalue weighted by atomic mass is 10.0. The van der Waals surface area contributed by atoms with E-state index in [1.54, 1.807) is 0 Å². The molecule has 6 heteroatoms. The van der Waals surface area contributed by atoms with Crippen LogP contribution < -0.4 is 11.1 Å². The lowest BCUT2D eigenvalue weighted by Gasteiger charge is -2.14. The highest BCUT2D eigenvalue weighted by molar-refractivity contribution is 14.0. The summed E-state index contributed by atoms with van der Waals surface area (Å²) in [6.07, 6.45) is 3.76. The maximum Gasteiger partial charge on any atom is 0.193 e. The van der Waals surface area contributed by atoms with Gasteiger partial charge in [0, 0.05) is 24.0 Å². The van der Waals surface area contributed by atoms with Gasteiger partial charge < -0.3 is 11.1 Å². The summed E-state index contributed by atoms with van der Waals surface area (Å²) in [6, 6.07) is 6.34. The molecule has 0 saturated heterocycles. The summed E-state index contributed by atoms with van der Waals surface area (Å²) in [5, 5.41) is 7.50. The molecule has 0 aliphatic heterocycles. The summed E-state index contributed by atoms with van der Waals surface area (Å²) in [7, 11) is 1.93. The Kier molecular flexibility index (Phi) is 7.54. The van der Waals surface area contributed by atoms with Crippen LogP contribution in [0.15, 0.2) is 29.4 Å². The summed E-state index contributed by atoms with van der Waals surface area (Å²) in [5.74, 6) is 0.443. The van der Waals surface area contributed by atoms with Crippen LogP contribution in [0.1, 0.15) is 36.2 Å². The predicted molar refractivity (Wildman–Crippen MR) is 108 cm³/mol. The van der Waals surface area contributed by atoms with Gasteiger partial charge in [-0.1, -0.05) is 32.0 Å². The molecule has 0 bridgehead atoms. The van der Waals surface area contributed by atoms with E-state index < -0.39 is 0 Å². The molecule has 0 aliphatic carbocycles. The third-order valence-corrected chi connectivity index (χ3v) is 4.01. The molecule has 0 amide bonds. The normalized spacial score (nSPS) is 11.2. The van der Waals surface area contributed by atoms with Crippen molar-refractivity contribution in [2.45, 2.75) is 40.2 Å². The molecule has 3 N–H and O–H groups in total. The van der Waals surface area contributed by atoms with E-state index in [1.807, 2.05) is 24.9 Å². The number of nitrogens with zero attached hydrogens (tertiary/aromatic N) is 3. The molecule has 0 saturated carbocycles. The van der Waals surface area contributed by atoms with Gasteiger partial charge >= 0.3 is 0 Å². The second kappa shape index (κ2) is 8.90. The molecule has 1 aromatic carbocycles. The van der Waals surface area contributed by atoms with Crippen LogP contribution >= 0.6 is 24.0 Å². The monoisotopic (exact) mass is 427 g/mol. The van der Waals surface area contributed by atoms with E-state index in [2.05, 4.69) is 47.5 Å². The first-order chi connectivity index (χ1) is 10.6. The number of hydrogen-bond acceptors (Lipinski definition) is 2. The zero-order chi connectivity index (χ0) is 16.1. The Hall–Kier alpha value is -1.57. The smallest absolute Gasteiger partial charge is 0.193 e. The molecule has 1 aromatic heterocycles. The SMILES string of the molecule is CCc1cccc(CC)c1NC(N)=NCc1cnn(C)c1C.I. The molecule has 0 spiro atoms. The van der Waals surface area contributed by atoms with Gasteiger partial charge in [-0.25, -0.2) is 4.99 Å². The number of nitrogens with two attached hydrogens (primary N) is 1. The number of rotatable bonds is 5. The molecule has 0 fully saturated rings. The molecule has 126 valence electrons. The fourth-order valence-corrected chi connectivity index (χ4v) is 2.44. The van der Waals surface area contributed by atoms with Crippen molar-refractivity contribution >= 4 is 35.6 Å². The van der Waals surface area contributed by atoms with E-state index in [-0.39, 0.29) is 24.0 Å². The predicted octanol–water partition coefficient (Wildman–Crippen LogP) is 3.40. The van der Waals surface area contributed by atoms with Gasteiger partial charge in [-0.05, 0) is 30.9 Å². The van der Waals surface area contributed by atoms with Gasteiger partial charge in [0.1, 0.15) is 0 Å². The standard InChI is InChI=1S/C17H25N5.HI/c1-5-13-8-7-9-14(6-2)16(13)21-17(18)19-10-15-11-20-22(4)12(15)3;/h7-9,11H,5-6,10H2,1-4H3,(H3,18,19,21);1H. The molecule has 0 atom stereocenters. The van der Waals surface area contributed by atoms with E-state index in [4.69, 9.17) is 5.73 Å². The quantitative estimate of drug-likeness (QED) is 0.437. The number of anilines is 1. The molecule has 0 unspecified atom stereocenters. The molecule has 0 radical (unpaired) electrons. The number of aryl methyl sites for hydroxylation is 3. The summed E-state index contributed by atoms with van der Waals surface area (Å²) in [5.41, 5.74) is 11.9. The van der Waals surface area contributed by atoms with E-state index in [0.717, 1.165) is 29.8 Å². The first kappa shape index (κ1) is 19.5. The number of hydrogen-bond donors (Lipinski definition) is 2. The highest BCUT2D eigenvalue weighted by atomic mass is 127. The molecule has 23 heavy (non-hydrogen) atoms. The number of halogens is 1. The second-order valence-corrected chi connectivity index (χ2v) is 5.36. The maximum absolute atomic E-state index is 6.07. The number of para-hydroxylation sites is 1. The Morgan fingerprint density at radius 1 is 1.22 bits per heavy atom. The van der Waals surface area contributed by atoms with E-state index in [9.17, 15) is 0 Å². The Balaban J connectivity index is 0.00000264. The minimum atomic E-state index is 0. The molecule has 0 aliphatic rings. The third kappa shape index (κ3) is 4.70. The number of aromatic nitrogens is 2. The van der Waals surface area contributed by atoms with Crippen molar-refractivity contribution in [3.8, 4) is 0 Å². The summed E-state index contributed by atoms with van der Waals surface area (Å²) in [4.78, 5) is 4.44. The van der Waals surface area contributed by atoms with E-state index in [0.29, 0.717) is 12.5 Å². The van der Waals surface area contributed by atoms with Crippen LogP contribution in [0, 0.1) is 6.92 Å². The number of benzene rings is 1. The fraction of sp³-hybridized carbons (Fsp3) is 0.412. The van der Waals surface area contributed by atoms with Crippen molar-refractivity contribution in [2.24, 2.45) is 17.8 Å². The summed E-state index contributed by atoms with van der Waals surface area (Å²) >= 11 is 0. The van der Waals surface area contributed by atoms with E-state index >= 15 is 0 Å². The van der Waals surface area contributed by atoms with E-state index in [1.165, 1.54) is 11.1 Å². The average Bonchev–Trinajstić information content (AvgIpc) is 2.84. The third-order valence-electron chi connectivity index (χ3n) is 4.01. The summed E-state index contributed by atoms with van der Waals surface area (Å²) in [6.45, 7) is 6.86. The zero-order valence-corrected chi connectivity index (χ0v) is 16.6. The molecule has 5 nitrogen and oxygen atoms in total. The van der Waals surface area contributed by atoms with Crippen molar-refractivity contribution in [3.63, 3.8) is 0 Å². The van der Waals surface area contributed by atoms with Gasteiger partial charge in [-0.3, -0.25) is 4.68 Å². The Morgan fingerprint density at radius 3 is 2.30 bits per heavy atom. The van der Waals surface area contributed by atoms with Crippen molar-refractivity contribution in [1.82, 2.24) is 9.78 Å². The van der Waals surface area contributed by atoms with Gasteiger partial charge in [0.05, 0.1) is 12.7 Å². The molecular weight excluding hydrogens is 401 g/mol. The Morgan fingerprint density at radius 2 is 1.83 bits per heavy atom. The molecule has 2 aromatic rings. The van der Waals surface area contributed by atoms with Crippen LogP contribution in [-0.4, -0.2) is 15.7 Å². The lowest BCUT2D eigenvalue weighted by molar-refractivity contribution is 0.737. The van der Waals surface area contributed by atoms with Crippen LogP contribution in [0.3, 0.4) is 0 Å². The highest BCUT2D eigenvalue weighted by Crippen LogP contribution is 2.22. The average molecular weight is 427 g/mol. The number of aliphatic imine (C=N–C) groups is 1. The van der Waals surface area contributed by atoms with Crippen LogP contribution in [0.2, 0.25) is 0 Å². The van der Waals surface area contributed by atoms with Crippen molar-refractivity contribution < 1.29 is 0 Å². The molecule has 2 rings (SSSR count).